The number of hydrogen-bond acceptors (Lipinski definition) is 3. The van der Waals surface area contributed by atoms with Gasteiger partial charge in [-0.05, 0) is 25.2 Å². The van der Waals surface area contributed by atoms with E-state index in [1.807, 2.05) is 4.90 Å². The summed E-state index contributed by atoms with van der Waals surface area (Å²) in [6.07, 6.45) is -2.95. The molecule has 2 aliphatic heterocycles. The molecular formula is C17H27F3N2O2. The first-order chi connectivity index (χ1) is 11.4. The van der Waals surface area contributed by atoms with E-state index in [1.165, 1.54) is 0 Å². The zero-order valence-electron chi connectivity index (χ0n) is 14.2. The predicted octanol–water partition coefficient (Wildman–Crippen LogP) is 2.53. The summed E-state index contributed by atoms with van der Waals surface area (Å²) < 4.78 is 44.3. The number of ether oxygens (including phenoxy) is 1. The Kier molecular flexibility index (Phi) is 5.39. The molecule has 1 amide bonds. The van der Waals surface area contributed by atoms with Gasteiger partial charge in [-0.25, -0.2) is 0 Å². The van der Waals surface area contributed by atoms with Gasteiger partial charge < -0.3 is 9.64 Å². The third kappa shape index (κ3) is 3.87. The van der Waals surface area contributed by atoms with Crippen molar-refractivity contribution in [2.24, 2.45) is 17.8 Å². The van der Waals surface area contributed by atoms with Crippen LogP contribution in [0.1, 0.15) is 32.6 Å². The Morgan fingerprint density at radius 3 is 2.50 bits per heavy atom. The molecule has 138 valence electrons. The molecule has 7 heteroatoms. The van der Waals surface area contributed by atoms with Crippen LogP contribution in [0.4, 0.5) is 13.2 Å². The van der Waals surface area contributed by atoms with Crippen molar-refractivity contribution >= 4 is 5.91 Å². The molecule has 2 saturated heterocycles. The SMILES string of the molecule is C[C@@H]1CN(C(=O)[C@@H]2CCC[C@@H](C(F)(F)F)C2)C[C@@H]1N1CCOCC1. The van der Waals surface area contributed by atoms with E-state index in [0.29, 0.717) is 51.1 Å². The van der Waals surface area contributed by atoms with Crippen molar-refractivity contribution in [1.82, 2.24) is 9.80 Å². The lowest BCUT2D eigenvalue weighted by atomic mass is 9.80. The first-order valence-electron chi connectivity index (χ1n) is 9.03. The number of halogens is 3. The minimum absolute atomic E-state index is 0.0323. The standard InChI is InChI=1S/C17H27F3N2O2/c1-12-10-22(11-15(12)21-5-7-24-8-6-21)16(23)13-3-2-4-14(9-13)17(18,19)20/h12-15H,2-11H2,1H3/t12-,13-,14-,15+/m1/s1. The van der Waals surface area contributed by atoms with Gasteiger partial charge in [0.25, 0.3) is 0 Å². The number of rotatable bonds is 2. The molecule has 3 rings (SSSR count). The highest BCUT2D eigenvalue weighted by atomic mass is 19.4. The van der Waals surface area contributed by atoms with E-state index < -0.39 is 18.0 Å². The van der Waals surface area contributed by atoms with Gasteiger partial charge in [0.2, 0.25) is 5.91 Å². The molecular weight excluding hydrogens is 321 g/mol. The Morgan fingerprint density at radius 2 is 1.83 bits per heavy atom. The molecule has 0 aromatic heterocycles. The molecule has 0 aromatic rings. The minimum atomic E-state index is -4.17. The Balaban J connectivity index is 1.59. The number of carbonyl (C=O) groups is 1. The summed E-state index contributed by atoms with van der Waals surface area (Å²) in [5.41, 5.74) is 0. The molecule has 0 spiro atoms. The second-order valence-corrected chi connectivity index (χ2v) is 7.54. The number of carbonyl (C=O) groups excluding carboxylic acids is 1. The number of alkyl halides is 3. The third-order valence-electron chi connectivity index (χ3n) is 5.89. The molecule has 2 heterocycles. The van der Waals surface area contributed by atoms with Crippen LogP contribution in [0.2, 0.25) is 0 Å². The summed E-state index contributed by atoms with van der Waals surface area (Å²) >= 11 is 0. The third-order valence-corrected chi connectivity index (χ3v) is 5.89. The largest absolute Gasteiger partial charge is 0.391 e. The first-order valence-corrected chi connectivity index (χ1v) is 9.03. The zero-order chi connectivity index (χ0) is 17.3. The average Bonchev–Trinajstić information content (AvgIpc) is 2.96. The highest BCUT2D eigenvalue weighted by Crippen LogP contribution is 2.41. The van der Waals surface area contributed by atoms with Crippen LogP contribution in [0.15, 0.2) is 0 Å². The van der Waals surface area contributed by atoms with Crippen molar-refractivity contribution in [3.8, 4) is 0 Å². The molecule has 24 heavy (non-hydrogen) atoms. The van der Waals surface area contributed by atoms with E-state index >= 15 is 0 Å². The van der Waals surface area contributed by atoms with E-state index in [1.54, 1.807) is 0 Å². The van der Waals surface area contributed by atoms with Crippen LogP contribution >= 0.6 is 0 Å². The van der Waals surface area contributed by atoms with Crippen molar-refractivity contribution in [1.29, 1.82) is 0 Å². The topological polar surface area (TPSA) is 32.8 Å². The molecule has 0 N–H and O–H groups in total. The number of hydrogen-bond donors (Lipinski definition) is 0. The minimum Gasteiger partial charge on any atom is -0.379 e. The molecule has 1 saturated carbocycles. The number of morpholine rings is 1. The van der Waals surface area contributed by atoms with E-state index in [-0.39, 0.29) is 18.7 Å². The molecule has 0 unspecified atom stereocenters. The maximum Gasteiger partial charge on any atom is 0.391 e. The second kappa shape index (κ2) is 7.20. The molecule has 0 radical (unpaired) electrons. The molecule has 0 aromatic carbocycles. The van der Waals surface area contributed by atoms with E-state index in [2.05, 4.69) is 11.8 Å². The summed E-state index contributed by atoms with van der Waals surface area (Å²) in [4.78, 5) is 16.9. The Hall–Kier alpha value is -0.820. The van der Waals surface area contributed by atoms with Crippen molar-refractivity contribution in [3.63, 3.8) is 0 Å². The van der Waals surface area contributed by atoms with Crippen LogP contribution in [-0.4, -0.2) is 67.3 Å². The van der Waals surface area contributed by atoms with E-state index in [9.17, 15) is 18.0 Å². The fraction of sp³-hybridized carbons (Fsp3) is 0.941. The maximum absolute atomic E-state index is 13.0. The highest BCUT2D eigenvalue weighted by Gasteiger charge is 2.45. The number of nitrogens with zero attached hydrogens (tertiary/aromatic N) is 2. The Bertz CT molecular complexity index is 452. The lowest BCUT2D eigenvalue weighted by Gasteiger charge is -2.34. The van der Waals surface area contributed by atoms with Crippen LogP contribution in [0.3, 0.4) is 0 Å². The van der Waals surface area contributed by atoms with Crippen LogP contribution in [0.25, 0.3) is 0 Å². The monoisotopic (exact) mass is 348 g/mol. The molecule has 4 atom stereocenters. The summed E-state index contributed by atoms with van der Waals surface area (Å²) in [7, 11) is 0. The lowest BCUT2D eigenvalue weighted by Crippen LogP contribution is -2.47. The van der Waals surface area contributed by atoms with Crippen LogP contribution in [0.5, 0.6) is 0 Å². The Labute approximate surface area is 141 Å². The van der Waals surface area contributed by atoms with Crippen LogP contribution < -0.4 is 0 Å². The van der Waals surface area contributed by atoms with Gasteiger partial charge in [-0.15, -0.1) is 0 Å². The van der Waals surface area contributed by atoms with E-state index in [0.717, 1.165) is 13.1 Å². The van der Waals surface area contributed by atoms with Gasteiger partial charge in [0.15, 0.2) is 0 Å². The van der Waals surface area contributed by atoms with Gasteiger partial charge in [0.05, 0.1) is 19.1 Å². The first kappa shape index (κ1) is 18.0. The summed E-state index contributed by atoms with van der Waals surface area (Å²) in [5, 5.41) is 0. The van der Waals surface area contributed by atoms with Gasteiger partial charge in [-0.1, -0.05) is 13.3 Å². The van der Waals surface area contributed by atoms with Gasteiger partial charge in [-0.3, -0.25) is 9.69 Å². The fourth-order valence-corrected chi connectivity index (χ4v) is 4.48. The smallest absolute Gasteiger partial charge is 0.379 e. The van der Waals surface area contributed by atoms with Crippen LogP contribution in [0, 0.1) is 17.8 Å². The van der Waals surface area contributed by atoms with Gasteiger partial charge in [-0.2, -0.15) is 13.2 Å². The second-order valence-electron chi connectivity index (χ2n) is 7.54. The molecule has 0 bridgehead atoms. The van der Waals surface area contributed by atoms with Crippen molar-refractivity contribution in [2.45, 2.75) is 44.8 Å². The molecule has 3 fully saturated rings. The van der Waals surface area contributed by atoms with Crippen molar-refractivity contribution < 1.29 is 22.7 Å². The van der Waals surface area contributed by atoms with Gasteiger partial charge in [0, 0.05) is 38.1 Å². The quantitative estimate of drug-likeness (QED) is 0.769. The van der Waals surface area contributed by atoms with Gasteiger partial charge >= 0.3 is 6.18 Å². The summed E-state index contributed by atoms with van der Waals surface area (Å²) in [5.74, 6) is -1.48. The van der Waals surface area contributed by atoms with Gasteiger partial charge in [0.1, 0.15) is 0 Å². The van der Waals surface area contributed by atoms with Crippen molar-refractivity contribution in [2.75, 3.05) is 39.4 Å². The maximum atomic E-state index is 13.0. The van der Waals surface area contributed by atoms with E-state index in [4.69, 9.17) is 4.74 Å². The Morgan fingerprint density at radius 1 is 1.12 bits per heavy atom. The number of likely N-dealkylation sites (tertiary alicyclic amines) is 1. The highest BCUT2D eigenvalue weighted by molar-refractivity contribution is 5.79. The predicted molar refractivity (Wildman–Crippen MR) is 83.4 cm³/mol. The number of amides is 1. The molecule has 4 nitrogen and oxygen atoms in total. The zero-order valence-corrected chi connectivity index (χ0v) is 14.2. The fourth-order valence-electron chi connectivity index (χ4n) is 4.48. The summed E-state index contributed by atoms with van der Waals surface area (Å²) in [6.45, 7) is 6.61. The lowest BCUT2D eigenvalue weighted by molar-refractivity contribution is -0.187. The molecule has 3 aliphatic rings. The molecule has 1 aliphatic carbocycles. The van der Waals surface area contributed by atoms with Crippen LogP contribution in [-0.2, 0) is 9.53 Å². The summed E-state index contributed by atoms with van der Waals surface area (Å²) in [6, 6.07) is 0.305. The van der Waals surface area contributed by atoms with Crippen molar-refractivity contribution in [3.05, 3.63) is 0 Å². The average molecular weight is 348 g/mol. The normalized spacial score (nSPS) is 36.1.